The van der Waals surface area contributed by atoms with Gasteiger partial charge in [0.2, 0.25) is 0 Å². The summed E-state index contributed by atoms with van der Waals surface area (Å²) in [6.45, 7) is 5.28. The largest absolute Gasteiger partial charge is 0.591 e. The van der Waals surface area contributed by atoms with Crippen molar-refractivity contribution in [3.63, 3.8) is 0 Å². The van der Waals surface area contributed by atoms with E-state index in [4.69, 9.17) is 4.74 Å². The lowest BCUT2D eigenvalue weighted by atomic mass is 10.1. The maximum Gasteiger partial charge on any atom is 0.573 e. The third-order valence-corrected chi connectivity index (χ3v) is 3.83. The van der Waals surface area contributed by atoms with Crippen LogP contribution in [-0.4, -0.2) is 35.1 Å². The highest BCUT2D eigenvalue weighted by molar-refractivity contribution is 7.91. The first-order chi connectivity index (χ1) is 10.0. The number of hydrogen-bond acceptors (Lipinski definition) is 4. The zero-order valence-corrected chi connectivity index (χ0v) is 13.5. The molecule has 0 saturated carbocycles. The van der Waals surface area contributed by atoms with Crippen LogP contribution in [0.1, 0.15) is 26.3 Å². The van der Waals surface area contributed by atoms with E-state index in [0.29, 0.717) is 11.3 Å². The van der Waals surface area contributed by atoms with Crippen molar-refractivity contribution >= 4 is 17.1 Å². The predicted octanol–water partition coefficient (Wildman–Crippen LogP) is 3.48. The fraction of sp³-hybridized carbons (Fsp3) is 0.500. The van der Waals surface area contributed by atoms with Crippen LogP contribution in [0, 0.1) is 0 Å². The summed E-state index contributed by atoms with van der Waals surface area (Å²) < 4.78 is 61.2. The first-order valence-electron chi connectivity index (χ1n) is 6.37. The van der Waals surface area contributed by atoms with Crippen LogP contribution in [0.5, 0.6) is 5.75 Å². The van der Waals surface area contributed by atoms with Crippen LogP contribution in [0.15, 0.2) is 28.7 Å². The Morgan fingerprint density at radius 1 is 1.27 bits per heavy atom. The van der Waals surface area contributed by atoms with Crippen LogP contribution >= 0.6 is 0 Å². The summed E-state index contributed by atoms with van der Waals surface area (Å²) in [7, 11) is 1.42. The third-order valence-electron chi connectivity index (χ3n) is 2.40. The summed E-state index contributed by atoms with van der Waals surface area (Å²) in [5, 5.41) is 0. The summed E-state index contributed by atoms with van der Waals surface area (Å²) in [6.07, 6.45) is -4.77. The Bertz CT molecular complexity index is 527. The predicted molar refractivity (Wildman–Crippen MR) is 79.4 cm³/mol. The van der Waals surface area contributed by atoms with Crippen LogP contribution in [0.3, 0.4) is 0 Å². The molecule has 0 saturated heterocycles. The van der Waals surface area contributed by atoms with Crippen molar-refractivity contribution in [1.82, 2.24) is 0 Å². The summed E-state index contributed by atoms with van der Waals surface area (Å²) in [5.74, 6) is -0.365. The maximum absolute atomic E-state index is 12.3. The van der Waals surface area contributed by atoms with Crippen molar-refractivity contribution in [2.45, 2.75) is 31.9 Å². The van der Waals surface area contributed by atoms with Crippen LogP contribution in [0.4, 0.5) is 13.2 Å². The Morgan fingerprint density at radius 3 is 2.41 bits per heavy atom. The number of methoxy groups -OCH3 is 1. The molecule has 1 rings (SSSR count). The molecule has 8 heteroatoms. The van der Waals surface area contributed by atoms with Gasteiger partial charge in [0, 0.05) is 12.7 Å². The molecule has 0 heterocycles. The molecule has 0 N–H and O–H groups in total. The molecule has 0 aliphatic carbocycles. The summed E-state index contributed by atoms with van der Waals surface area (Å²) in [4.78, 5) is 0. The quantitative estimate of drug-likeness (QED) is 0.610. The van der Waals surface area contributed by atoms with Crippen molar-refractivity contribution in [3.05, 3.63) is 29.8 Å². The average molecular weight is 337 g/mol. The number of hydrogen-bond donors (Lipinski definition) is 0. The van der Waals surface area contributed by atoms with E-state index in [0.717, 1.165) is 0 Å². The normalized spacial score (nSPS) is 14.8. The Hall–Kier alpha value is -1.25. The molecule has 0 amide bonds. The number of benzene rings is 1. The second kappa shape index (κ2) is 7.34. The molecular weight excluding hydrogens is 319 g/mol. The van der Waals surface area contributed by atoms with Crippen molar-refractivity contribution in [2.24, 2.45) is 4.40 Å². The summed E-state index contributed by atoms with van der Waals surface area (Å²) >= 11 is -1.55. The number of nitrogens with zero attached hydrogens (tertiary/aromatic N) is 1. The van der Waals surface area contributed by atoms with E-state index in [-0.39, 0.29) is 12.4 Å². The van der Waals surface area contributed by atoms with Gasteiger partial charge >= 0.3 is 6.36 Å². The first kappa shape index (κ1) is 18.8. The molecule has 0 aliphatic heterocycles. The second-order valence-corrected chi connectivity index (χ2v) is 7.31. The molecule has 124 valence electrons. The summed E-state index contributed by atoms with van der Waals surface area (Å²) in [5.41, 5.74) is 0.657. The van der Waals surface area contributed by atoms with E-state index >= 15 is 0 Å². The molecular formula is C14H18F3NO3S. The van der Waals surface area contributed by atoms with Gasteiger partial charge in [0.05, 0.1) is 6.61 Å². The van der Waals surface area contributed by atoms with Gasteiger partial charge in [-0.05, 0) is 32.9 Å². The van der Waals surface area contributed by atoms with Crippen LogP contribution in [-0.2, 0) is 16.1 Å². The van der Waals surface area contributed by atoms with Crippen LogP contribution < -0.4 is 4.74 Å². The van der Waals surface area contributed by atoms with Crippen molar-refractivity contribution in [2.75, 3.05) is 13.7 Å². The molecule has 0 fully saturated rings. The first-order valence-corrected chi connectivity index (χ1v) is 7.48. The Morgan fingerprint density at radius 2 is 1.91 bits per heavy atom. The number of halogens is 3. The highest BCUT2D eigenvalue weighted by Gasteiger charge is 2.31. The smallest absolute Gasteiger partial charge is 0.573 e. The van der Waals surface area contributed by atoms with Gasteiger partial charge in [0.1, 0.15) is 27.6 Å². The van der Waals surface area contributed by atoms with E-state index < -0.39 is 22.5 Å². The van der Waals surface area contributed by atoms with Gasteiger partial charge in [-0.3, -0.25) is 0 Å². The number of ether oxygens (including phenoxy) is 2. The standard InChI is InChI=1S/C14H18F3NO3S/c1-13(2,3)22(19)18-12(9-20-4)10-6-5-7-11(8-10)21-14(15,16)17/h5-8H,9H2,1-4H3/b18-12-. The van der Waals surface area contributed by atoms with Gasteiger partial charge in [-0.1, -0.05) is 16.5 Å². The van der Waals surface area contributed by atoms with Gasteiger partial charge in [0.25, 0.3) is 0 Å². The van der Waals surface area contributed by atoms with Crippen molar-refractivity contribution in [3.8, 4) is 5.75 Å². The Balaban J connectivity index is 3.11. The van der Waals surface area contributed by atoms with Crippen LogP contribution in [0.2, 0.25) is 0 Å². The summed E-state index contributed by atoms with van der Waals surface area (Å²) in [6, 6.07) is 5.33. The monoisotopic (exact) mass is 337 g/mol. The van der Waals surface area contributed by atoms with Crippen molar-refractivity contribution < 1.29 is 27.2 Å². The molecule has 22 heavy (non-hydrogen) atoms. The van der Waals surface area contributed by atoms with E-state index in [1.807, 2.05) is 0 Å². The Kier molecular flexibility index (Phi) is 6.27. The fourth-order valence-electron chi connectivity index (χ4n) is 1.41. The average Bonchev–Trinajstić information content (AvgIpc) is 2.35. The minimum atomic E-state index is -4.77. The molecule has 0 aromatic heterocycles. The molecule has 0 bridgehead atoms. The number of alkyl halides is 3. The molecule has 4 nitrogen and oxygen atoms in total. The lowest BCUT2D eigenvalue weighted by Gasteiger charge is -2.19. The fourth-order valence-corrected chi connectivity index (χ4v) is 2.04. The van der Waals surface area contributed by atoms with Crippen molar-refractivity contribution in [1.29, 1.82) is 0 Å². The molecule has 0 spiro atoms. The molecule has 1 atom stereocenters. The van der Waals surface area contributed by atoms with Crippen LogP contribution in [0.25, 0.3) is 0 Å². The number of rotatable bonds is 5. The molecule has 0 radical (unpaired) electrons. The van der Waals surface area contributed by atoms with E-state index in [1.54, 1.807) is 26.8 Å². The lowest BCUT2D eigenvalue weighted by Crippen LogP contribution is -2.28. The molecule has 1 aromatic carbocycles. The SMILES string of the molecule is COC/C(=N/[S+]([O-])C(C)(C)C)c1cccc(OC(F)(F)F)c1. The minimum absolute atomic E-state index is 0.0251. The highest BCUT2D eigenvalue weighted by Crippen LogP contribution is 2.24. The minimum Gasteiger partial charge on any atom is -0.591 e. The maximum atomic E-state index is 12.3. The van der Waals surface area contributed by atoms with Gasteiger partial charge in [-0.25, -0.2) is 0 Å². The Labute approximate surface area is 130 Å². The molecule has 1 aromatic rings. The van der Waals surface area contributed by atoms with Gasteiger partial charge < -0.3 is 14.0 Å². The zero-order chi connectivity index (χ0) is 17.0. The third kappa shape index (κ3) is 6.25. The lowest BCUT2D eigenvalue weighted by molar-refractivity contribution is -0.274. The van der Waals surface area contributed by atoms with E-state index in [2.05, 4.69) is 9.13 Å². The molecule has 1 unspecified atom stereocenters. The topological polar surface area (TPSA) is 53.9 Å². The van der Waals surface area contributed by atoms with Gasteiger partial charge in [-0.2, -0.15) is 0 Å². The molecule has 0 aliphatic rings. The van der Waals surface area contributed by atoms with Gasteiger partial charge in [-0.15, -0.1) is 13.2 Å². The van der Waals surface area contributed by atoms with E-state index in [1.165, 1.54) is 25.3 Å². The zero-order valence-electron chi connectivity index (χ0n) is 12.7. The van der Waals surface area contributed by atoms with E-state index in [9.17, 15) is 17.7 Å². The second-order valence-electron chi connectivity index (χ2n) is 5.41. The highest BCUT2D eigenvalue weighted by atomic mass is 32.2. The van der Waals surface area contributed by atoms with Gasteiger partial charge in [0.15, 0.2) is 0 Å².